The molecule has 2 aliphatic rings. The van der Waals surface area contributed by atoms with E-state index < -0.39 is 0 Å². The van der Waals surface area contributed by atoms with Crippen molar-refractivity contribution in [3.8, 4) is 11.5 Å². The topological polar surface area (TPSA) is 75.0 Å². The number of aromatic amines is 1. The van der Waals surface area contributed by atoms with Crippen LogP contribution in [0.4, 0.5) is 0 Å². The van der Waals surface area contributed by atoms with E-state index in [0.29, 0.717) is 12.5 Å². The fraction of sp³-hybridized carbons (Fsp3) is 0.350. The Kier molecular flexibility index (Phi) is 3.71. The fourth-order valence-electron chi connectivity index (χ4n) is 3.53. The Morgan fingerprint density at radius 2 is 2.19 bits per heavy atom. The van der Waals surface area contributed by atoms with E-state index in [1.165, 1.54) is 0 Å². The molecule has 3 aromatic heterocycles. The van der Waals surface area contributed by atoms with Gasteiger partial charge in [0.25, 0.3) is 5.56 Å². The molecule has 5 rings (SSSR count). The molecule has 0 spiro atoms. The summed E-state index contributed by atoms with van der Waals surface area (Å²) >= 11 is 0. The summed E-state index contributed by atoms with van der Waals surface area (Å²) < 4.78 is 5.37. The Bertz CT molecular complexity index is 972. The van der Waals surface area contributed by atoms with Crippen LogP contribution in [0.2, 0.25) is 0 Å². The lowest BCUT2D eigenvalue weighted by atomic mass is 10.1. The SMILES string of the molecule is O=c1[nH]c(C2CC2)nc2c1CN(Cc1ccc(-c3ccco3)nc1)CC2. The molecule has 6 nitrogen and oxygen atoms in total. The molecule has 0 atom stereocenters. The Hall–Kier alpha value is -2.73. The van der Waals surface area contributed by atoms with Crippen LogP contribution in [-0.4, -0.2) is 26.4 Å². The first-order valence-electron chi connectivity index (χ1n) is 9.09. The van der Waals surface area contributed by atoms with Gasteiger partial charge in [0.2, 0.25) is 0 Å². The summed E-state index contributed by atoms with van der Waals surface area (Å²) in [5.74, 6) is 2.14. The molecule has 0 bridgehead atoms. The molecule has 0 unspecified atom stereocenters. The van der Waals surface area contributed by atoms with Gasteiger partial charge in [-0.15, -0.1) is 0 Å². The number of rotatable bonds is 4. The normalized spacial score (nSPS) is 17.2. The van der Waals surface area contributed by atoms with Crippen LogP contribution in [-0.2, 0) is 19.5 Å². The number of fused-ring (bicyclic) bond motifs is 1. The van der Waals surface area contributed by atoms with Crippen LogP contribution < -0.4 is 5.56 Å². The lowest BCUT2D eigenvalue weighted by molar-refractivity contribution is 0.241. The number of furan rings is 1. The minimum atomic E-state index is 0.0351. The van der Waals surface area contributed by atoms with Gasteiger partial charge in [-0.05, 0) is 36.6 Å². The van der Waals surface area contributed by atoms with Gasteiger partial charge < -0.3 is 9.40 Å². The first-order chi connectivity index (χ1) is 12.8. The quantitative estimate of drug-likeness (QED) is 0.785. The Labute approximate surface area is 150 Å². The van der Waals surface area contributed by atoms with Crippen molar-refractivity contribution in [2.75, 3.05) is 6.54 Å². The zero-order valence-electron chi connectivity index (χ0n) is 14.4. The molecule has 0 amide bonds. The van der Waals surface area contributed by atoms with Crippen molar-refractivity contribution >= 4 is 0 Å². The third-order valence-corrected chi connectivity index (χ3v) is 5.13. The largest absolute Gasteiger partial charge is 0.463 e. The molecule has 132 valence electrons. The highest BCUT2D eigenvalue weighted by molar-refractivity contribution is 5.51. The summed E-state index contributed by atoms with van der Waals surface area (Å²) in [5.41, 5.74) is 3.80. The van der Waals surface area contributed by atoms with E-state index in [1.807, 2.05) is 24.4 Å². The van der Waals surface area contributed by atoms with Gasteiger partial charge >= 0.3 is 0 Å². The van der Waals surface area contributed by atoms with Crippen molar-refractivity contribution in [3.63, 3.8) is 0 Å². The molecule has 0 saturated heterocycles. The molecule has 1 aliphatic carbocycles. The van der Waals surface area contributed by atoms with Gasteiger partial charge in [0.05, 0.1) is 17.5 Å². The van der Waals surface area contributed by atoms with E-state index in [4.69, 9.17) is 9.40 Å². The molecule has 3 aromatic rings. The third kappa shape index (κ3) is 2.97. The van der Waals surface area contributed by atoms with Crippen molar-refractivity contribution in [2.24, 2.45) is 0 Å². The van der Waals surface area contributed by atoms with E-state index in [9.17, 15) is 4.79 Å². The summed E-state index contributed by atoms with van der Waals surface area (Å²) in [5, 5.41) is 0. The maximum atomic E-state index is 12.4. The van der Waals surface area contributed by atoms with E-state index >= 15 is 0 Å². The van der Waals surface area contributed by atoms with Crippen molar-refractivity contribution in [2.45, 2.75) is 38.3 Å². The second kappa shape index (κ2) is 6.21. The number of hydrogen-bond acceptors (Lipinski definition) is 5. The van der Waals surface area contributed by atoms with Crippen LogP contribution in [0, 0.1) is 0 Å². The number of nitrogens with zero attached hydrogens (tertiary/aromatic N) is 3. The Balaban J connectivity index is 1.31. The number of H-pyrrole nitrogens is 1. The standard InChI is InChI=1S/C20H20N4O2/c25-20-15-12-24(8-7-16(15)22-19(23-20)14-4-5-14)11-13-3-6-17(21-10-13)18-2-1-9-26-18/h1-3,6,9-10,14H,4-5,7-8,11-12H2,(H,22,23,25). The van der Waals surface area contributed by atoms with Gasteiger partial charge in [0.15, 0.2) is 5.76 Å². The maximum Gasteiger partial charge on any atom is 0.255 e. The summed E-state index contributed by atoms with van der Waals surface area (Å²) in [6.07, 6.45) is 6.66. The molecule has 1 N–H and O–H groups in total. The second-order valence-electron chi connectivity index (χ2n) is 7.14. The van der Waals surface area contributed by atoms with Gasteiger partial charge in [-0.25, -0.2) is 4.98 Å². The van der Waals surface area contributed by atoms with Crippen molar-refractivity contribution in [1.82, 2.24) is 19.9 Å². The smallest absolute Gasteiger partial charge is 0.255 e. The van der Waals surface area contributed by atoms with E-state index in [1.54, 1.807) is 6.26 Å². The van der Waals surface area contributed by atoms with Gasteiger partial charge in [-0.1, -0.05) is 6.07 Å². The summed E-state index contributed by atoms with van der Waals surface area (Å²) in [6.45, 7) is 2.32. The average molecular weight is 348 g/mol. The van der Waals surface area contributed by atoms with E-state index in [-0.39, 0.29) is 5.56 Å². The minimum absolute atomic E-state index is 0.0351. The highest BCUT2D eigenvalue weighted by Crippen LogP contribution is 2.37. The van der Waals surface area contributed by atoms with Crippen LogP contribution in [0.1, 0.15) is 41.4 Å². The molecular formula is C20H20N4O2. The number of nitrogens with one attached hydrogen (secondary N) is 1. The van der Waals surface area contributed by atoms with Gasteiger partial charge in [-0.2, -0.15) is 0 Å². The predicted octanol–water partition coefficient (Wildman–Crippen LogP) is 2.86. The summed E-state index contributed by atoms with van der Waals surface area (Å²) in [4.78, 5) is 26.9. The summed E-state index contributed by atoms with van der Waals surface area (Å²) in [7, 11) is 0. The van der Waals surface area contributed by atoms with Crippen molar-refractivity contribution in [3.05, 3.63) is 69.7 Å². The van der Waals surface area contributed by atoms with E-state index in [2.05, 4.69) is 20.9 Å². The van der Waals surface area contributed by atoms with Crippen LogP contribution >= 0.6 is 0 Å². The fourth-order valence-corrected chi connectivity index (χ4v) is 3.53. The Morgan fingerprint density at radius 3 is 2.92 bits per heavy atom. The summed E-state index contributed by atoms with van der Waals surface area (Å²) in [6, 6.07) is 7.80. The zero-order valence-corrected chi connectivity index (χ0v) is 14.4. The highest BCUT2D eigenvalue weighted by atomic mass is 16.3. The molecule has 1 saturated carbocycles. The average Bonchev–Trinajstić information content (AvgIpc) is 3.37. The lowest BCUT2D eigenvalue weighted by Gasteiger charge is -2.27. The lowest BCUT2D eigenvalue weighted by Crippen LogP contribution is -2.35. The van der Waals surface area contributed by atoms with Crippen molar-refractivity contribution < 1.29 is 4.42 Å². The van der Waals surface area contributed by atoms with Crippen LogP contribution in [0.15, 0.2) is 45.9 Å². The monoisotopic (exact) mass is 348 g/mol. The number of hydrogen-bond donors (Lipinski definition) is 1. The first kappa shape index (κ1) is 15.5. The zero-order chi connectivity index (χ0) is 17.5. The number of pyridine rings is 1. The molecule has 0 radical (unpaired) electrons. The molecule has 1 fully saturated rings. The predicted molar refractivity (Wildman–Crippen MR) is 96.6 cm³/mol. The first-order valence-corrected chi connectivity index (χ1v) is 9.09. The molecular weight excluding hydrogens is 328 g/mol. The van der Waals surface area contributed by atoms with E-state index in [0.717, 1.165) is 66.5 Å². The molecule has 4 heterocycles. The molecule has 6 heteroatoms. The van der Waals surface area contributed by atoms with Gasteiger partial charge in [0, 0.05) is 38.2 Å². The molecule has 26 heavy (non-hydrogen) atoms. The van der Waals surface area contributed by atoms with Gasteiger partial charge in [-0.3, -0.25) is 14.7 Å². The second-order valence-corrected chi connectivity index (χ2v) is 7.14. The molecule has 0 aromatic carbocycles. The van der Waals surface area contributed by atoms with Crippen LogP contribution in [0.25, 0.3) is 11.5 Å². The number of aromatic nitrogens is 3. The highest BCUT2D eigenvalue weighted by Gasteiger charge is 2.29. The molecule has 1 aliphatic heterocycles. The maximum absolute atomic E-state index is 12.4. The van der Waals surface area contributed by atoms with Crippen LogP contribution in [0.3, 0.4) is 0 Å². The van der Waals surface area contributed by atoms with Crippen molar-refractivity contribution in [1.29, 1.82) is 0 Å². The third-order valence-electron chi connectivity index (χ3n) is 5.13. The van der Waals surface area contributed by atoms with Crippen LogP contribution in [0.5, 0.6) is 0 Å². The minimum Gasteiger partial charge on any atom is -0.463 e. The Morgan fingerprint density at radius 1 is 1.27 bits per heavy atom. The van der Waals surface area contributed by atoms with Gasteiger partial charge in [0.1, 0.15) is 11.5 Å².